The minimum Gasteiger partial charge on any atom is -0.286 e. The molecule has 0 amide bonds. The molecule has 0 aliphatic carbocycles. The molecule has 5 nitrogen and oxygen atoms in total. The van der Waals surface area contributed by atoms with Crippen LogP contribution in [0.3, 0.4) is 0 Å². The topological polar surface area (TPSA) is 52.7 Å². The summed E-state index contributed by atoms with van der Waals surface area (Å²) in [5, 5.41) is 0. The van der Waals surface area contributed by atoms with Crippen molar-refractivity contribution in [2.24, 2.45) is 7.05 Å². The number of aryl methyl sites for hydroxylation is 1. The van der Waals surface area contributed by atoms with Crippen LogP contribution in [-0.2, 0) is 13.6 Å². The van der Waals surface area contributed by atoms with E-state index in [-0.39, 0.29) is 12.2 Å². The molecule has 0 unspecified atom stereocenters. The van der Waals surface area contributed by atoms with E-state index < -0.39 is 17.5 Å². The lowest BCUT2D eigenvalue weighted by Gasteiger charge is -2.06. The van der Waals surface area contributed by atoms with Crippen LogP contribution >= 0.6 is 0 Å². The molecule has 4 rings (SSSR count). The lowest BCUT2D eigenvalue weighted by atomic mass is 10.1. The molecule has 0 saturated heterocycles. The maximum Gasteiger partial charge on any atom is 0.330 e. The number of halogens is 3. The molecule has 0 saturated carbocycles. The van der Waals surface area contributed by atoms with E-state index in [4.69, 9.17) is 0 Å². The summed E-state index contributed by atoms with van der Waals surface area (Å²) >= 11 is 0. The van der Waals surface area contributed by atoms with Gasteiger partial charge in [-0.15, -0.1) is 0 Å². The Morgan fingerprint density at radius 3 is 2.52 bits per heavy atom. The van der Waals surface area contributed by atoms with E-state index in [2.05, 4.69) is 9.97 Å². The molecule has 136 valence electrons. The summed E-state index contributed by atoms with van der Waals surface area (Å²) in [4.78, 5) is 20.7. The van der Waals surface area contributed by atoms with Gasteiger partial charge in [-0.05, 0) is 35.4 Å². The molecule has 0 bridgehead atoms. The highest BCUT2D eigenvalue weighted by atomic mass is 19.2. The van der Waals surface area contributed by atoms with Crippen molar-refractivity contribution in [1.82, 2.24) is 19.1 Å². The number of benzene rings is 1. The Morgan fingerprint density at radius 1 is 0.963 bits per heavy atom. The molecular formula is C19H13F3N4O. The van der Waals surface area contributed by atoms with Gasteiger partial charge in [-0.1, -0.05) is 6.07 Å². The standard InChI is InChI=1S/C19H13F3N4O/c1-25-18-17(26(19(25)27)10-11-4-14(20)9-23-7-11)6-13(8-24-18)12-2-3-15(21)16(22)5-12/h2-9H,10H2,1H3. The van der Waals surface area contributed by atoms with Gasteiger partial charge in [0.05, 0.1) is 18.3 Å². The predicted molar refractivity (Wildman–Crippen MR) is 93.6 cm³/mol. The second-order valence-corrected chi connectivity index (χ2v) is 6.13. The highest BCUT2D eigenvalue weighted by molar-refractivity contribution is 5.79. The van der Waals surface area contributed by atoms with Crippen LogP contribution in [0.4, 0.5) is 13.2 Å². The van der Waals surface area contributed by atoms with Gasteiger partial charge in [-0.25, -0.2) is 22.9 Å². The lowest BCUT2D eigenvalue weighted by molar-refractivity contribution is 0.509. The van der Waals surface area contributed by atoms with Crippen LogP contribution in [0.1, 0.15) is 5.56 Å². The van der Waals surface area contributed by atoms with Crippen molar-refractivity contribution < 1.29 is 13.2 Å². The van der Waals surface area contributed by atoms with E-state index in [1.807, 2.05) is 0 Å². The Bertz CT molecular complexity index is 1230. The summed E-state index contributed by atoms with van der Waals surface area (Å²) < 4.78 is 43.0. The first-order chi connectivity index (χ1) is 12.9. The monoisotopic (exact) mass is 370 g/mol. The molecule has 3 aromatic heterocycles. The molecule has 4 aromatic rings. The summed E-state index contributed by atoms with van der Waals surface area (Å²) in [5.74, 6) is -2.41. The summed E-state index contributed by atoms with van der Waals surface area (Å²) in [7, 11) is 1.58. The van der Waals surface area contributed by atoms with Gasteiger partial charge in [-0.3, -0.25) is 14.1 Å². The predicted octanol–water partition coefficient (Wildman–Crippen LogP) is 3.26. The Kier molecular flexibility index (Phi) is 4.02. The molecule has 27 heavy (non-hydrogen) atoms. The molecule has 0 N–H and O–H groups in total. The molecule has 3 heterocycles. The van der Waals surface area contributed by atoms with Gasteiger partial charge in [0.15, 0.2) is 17.3 Å². The van der Waals surface area contributed by atoms with E-state index in [9.17, 15) is 18.0 Å². The fourth-order valence-electron chi connectivity index (χ4n) is 2.99. The van der Waals surface area contributed by atoms with Gasteiger partial charge in [0, 0.05) is 25.0 Å². The third-order valence-corrected chi connectivity index (χ3v) is 4.33. The number of aromatic nitrogens is 4. The first-order valence-electron chi connectivity index (χ1n) is 8.04. The van der Waals surface area contributed by atoms with Gasteiger partial charge < -0.3 is 0 Å². The van der Waals surface area contributed by atoms with Crippen LogP contribution in [0.5, 0.6) is 0 Å². The van der Waals surface area contributed by atoms with Gasteiger partial charge in [-0.2, -0.15) is 0 Å². The molecule has 0 radical (unpaired) electrons. The van der Waals surface area contributed by atoms with Crippen LogP contribution in [0.15, 0.2) is 53.7 Å². The second-order valence-electron chi connectivity index (χ2n) is 6.13. The number of fused-ring (bicyclic) bond motifs is 1. The van der Waals surface area contributed by atoms with Crippen LogP contribution in [-0.4, -0.2) is 19.1 Å². The minimum absolute atomic E-state index is 0.101. The van der Waals surface area contributed by atoms with E-state index in [1.165, 1.54) is 33.7 Å². The highest BCUT2D eigenvalue weighted by Gasteiger charge is 2.14. The van der Waals surface area contributed by atoms with Gasteiger partial charge in [0.2, 0.25) is 0 Å². The molecular weight excluding hydrogens is 357 g/mol. The first-order valence-corrected chi connectivity index (χ1v) is 8.04. The van der Waals surface area contributed by atoms with E-state index in [1.54, 1.807) is 13.1 Å². The first kappa shape index (κ1) is 17.0. The smallest absolute Gasteiger partial charge is 0.286 e. The van der Waals surface area contributed by atoms with Crippen LogP contribution in [0.2, 0.25) is 0 Å². The Balaban J connectivity index is 1.87. The molecule has 0 fully saturated rings. The van der Waals surface area contributed by atoms with Crippen molar-refractivity contribution in [3.63, 3.8) is 0 Å². The molecule has 0 aliphatic heterocycles. The highest BCUT2D eigenvalue weighted by Crippen LogP contribution is 2.24. The average Bonchev–Trinajstić information content (AvgIpc) is 2.88. The summed E-state index contributed by atoms with van der Waals surface area (Å²) in [6, 6.07) is 6.50. The molecule has 8 heteroatoms. The largest absolute Gasteiger partial charge is 0.330 e. The van der Waals surface area contributed by atoms with Crippen molar-refractivity contribution in [2.45, 2.75) is 6.54 Å². The lowest BCUT2D eigenvalue weighted by Crippen LogP contribution is -2.22. The van der Waals surface area contributed by atoms with E-state index >= 15 is 0 Å². The Morgan fingerprint density at radius 2 is 1.78 bits per heavy atom. The number of hydrogen-bond donors (Lipinski definition) is 0. The molecule has 0 aliphatic rings. The van der Waals surface area contributed by atoms with Crippen LogP contribution in [0, 0.1) is 17.5 Å². The zero-order chi connectivity index (χ0) is 19.1. The fraction of sp³-hybridized carbons (Fsp3) is 0.105. The van der Waals surface area contributed by atoms with Gasteiger partial charge in [0.25, 0.3) is 0 Å². The third kappa shape index (κ3) is 2.99. The summed E-state index contributed by atoms with van der Waals surface area (Å²) in [6.45, 7) is 0.101. The van der Waals surface area contributed by atoms with Gasteiger partial charge in [0.1, 0.15) is 5.82 Å². The number of nitrogens with zero attached hydrogens (tertiary/aromatic N) is 4. The molecule has 0 atom stereocenters. The molecule has 1 aromatic carbocycles. The normalized spacial score (nSPS) is 11.3. The maximum atomic E-state index is 13.6. The fourth-order valence-corrected chi connectivity index (χ4v) is 2.99. The quantitative estimate of drug-likeness (QED) is 0.556. The number of pyridine rings is 2. The summed E-state index contributed by atoms with van der Waals surface area (Å²) in [5.41, 5.74) is 2.06. The Labute approximate surface area is 151 Å². The van der Waals surface area contributed by atoms with Crippen LogP contribution < -0.4 is 5.69 Å². The van der Waals surface area contributed by atoms with E-state index in [0.29, 0.717) is 27.9 Å². The van der Waals surface area contributed by atoms with Crippen molar-refractivity contribution in [2.75, 3.05) is 0 Å². The van der Waals surface area contributed by atoms with Crippen molar-refractivity contribution >= 4 is 11.2 Å². The third-order valence-electron chi connectivity index (χ3n) is 4.33. The van der Waals surface area contributed by atoms with E-state index in [0.717, 1.165) is 18.3 Å². The summed E-state index contributed by atoms with van der Waals surface area (Å²) in [6.07, 6.45) is 4.04. The zero-order valence-corrected chi connectivity index (χ0v) is 14.2. The molecule has 0 spiro atoms. The second kappa shape index (κ2) is 6.39. The van der Waals surface area contributed by atoms with Gasteiger partial charge >= 0.3 is 5.69 Å². The zero-order valence-electron chi connectivity index (χ0n) is 14.2. The minimum atomic E-state index is -0.969. The van der Waals surface area contributed by atoms with Crippen molar-refractivity contribution in [3.05, 3.63) is 82.4 Å². The average molecular weight is 370 g/mol. The maximum absolute atomic E-state index is 13.6. The van der Waals surface area contributed by atoms with Crippen molar-refractivity contribution in [1.29, 1.82) is 0 Å². The number of rotatable bonds is 3. The number of imidazole rings is 1. The van der Waals surface area contributed by atoms with Crippen LogP contribution in [0.25, 0.3) is 22.3 Å². The SMILES string of the molecule is Cn1c(=O)n(Cc2cncc(F)c2)c2cc(-c3ccc(F)c(F)c3)cnc21. The number of hydrogen-bond acceptors (Lipinski definition) is 3. The van der Waals surface area contributed by atoms with Crippen molar-refractivity contribution in [3.8, 4) is 11.1 Å². The Hall–Kier alpha value is -3.42.